The molecule has 0 radical (unpaired) electrons. The second-order valence-corrected chi connectivity index (χ2v) is 7.00. The monoisotopic (exact) mass is 324 g/mol. The molecule has 0 amide bonds. The molecule has 1 aliphatic carbocycles. The Balaban J connectivity index is 1.51. The van der Waals surface area contributed by atoms with Gasteiger partial charge in [-0.3, -0.25) is 0 Å². The van der Waals surface area contributed by atoms with Crippen LogP contribution < -0.4 is 0 Å². The normalized spacial score (nSPS) is 32.0. The summed E-state index contributed by atoms with van der Waals surface area (Å²) in [4.78, 5) is 0. The van der Waals surface area contributed by atoms with E-state index in [0.29, 0.717) is 11.8 Å². The highest BCUT2D eigenvalue weighted by atomic mass is 19.1. The fourth-order valence-electron chi connectivity index (χ4n) is 3.94. The van der Waals surface area contributed by atoms with Gasteiger partial charge in [0.1, 0.15) is 11.6 Å². The van der Waals surface area contributed by atoms with Crippen LogP contribution in [0.2, 0.25) is 0 Å². The van der Waals surface area contributed by atoms with E-state index in [-0.39, 0.29) is 12.2 Å². The van der Waals surface area contributed by atoms with Crippen LogP contribution in [0.5, 0.6) is 0 Å². The van der Waals surface area contributed by atoms with Crippen molar-refractivity contribution in [3.8, 4) is 0 Å². The van der Waals surface area contributed by atoms with Gasteiger partial charge in [-0.25, -0.2) is 8.78 Å². The van der Waals surface area contributed by atoms with Gasteiger partial charge >= 0.3 is 0 Å². The minimum Gasteiger partial charge on any atom is -0.352 e. The van der Waals surface area contributed by atoms with Crippen LogP contribution in [0.15, 0.2) is 18.2 Å². The molecular formula is C19H26F2O2. The topological polar surface area (TPSA) is 18.5 Å². The van der Waals surface area contributed by atoms with E-state index in [1.165, 1.54) is 12.1 Å². The molecule has 2 aliphatic rings. The summed E-state index contributed by atoms with van der Waals surface area (Å²) in [6.07, 6.45) is 6.10. The first kappa shape index (κ1) is 16.8. The van der Waals surface area contributed by atoms with Crippen LogP contribution in [-0.2, 0) is 9.47 Å². The van der Waals surface area contributed by atoms with Crippen LogP contribution in [0.25, 0.3) is 0 Å². The summed E-state index contributed by atoms with van der Waals surface area (Å²) in [6, 6.07) is 3.87. The van der Waals surface area contributed by atoms with Crippen molar-refractivity contribution < 1.29 is 18.3 Å². The SMILES string of the molecule is CCCC1COC(C2CCC(c3cc(F)cc(F)c3)CC2)OC1. The molecule has 1 aliphatic heterocycles. The lowest BCUT2D eigenvalue weighted by Crippen LogP contribution is -2.38. The van der Waals surface area contributed by atoms with E-state index in [1.54, 1.807) is 0 Å². The first-order valence-corrected chi connectivity index (χ1v) is 8.85. The average molecular weight is 324 g/mol. The largest absolute Gasteiger partial charge is 0.352 e. The van der Waals surface area contributed by atoms with Crippen molar-refractivity contribution in [2.75, 3.05) is 13.2 Å². The molecule has 1 heterocycles. The van der Waals surface area contributed by atoms with Crippen LogP contribution in [0, 0.1) is 23.5 Å². The molecule has 1 aromatic carbocycles. The number of ether oxygens (including phenoxy) is 2. The van der Waals surface area contributed by atoms with Gasteiger partial charge in [-0.05, 0) is 55.7 Å². The Hall–Kier alpha value is -1.00. The highest BCUT2D eigenvalue weighted by molar-refractivity contribution is 5.22. The van der Waals surface area contributed by atoms with Crippen LogP contribution >= 0.6 is 0 Å². The van der Waals surface area contributed by atoms with Crippen molar-refractivity contribution in [2.45, 2.75) is 57.7 Å². The maximum Gasteiger partial charge on any atom is 0.160 e. The molecule has 0 atom stereocenters. The van der Waals surface area contributed by atoms with Gasteiger partial charge in [0.2, 0.25) is 0 Å². The Morgan fingerprint density at radius 2 is 1.57 bits per heavy atom. The van der Waals surface area contributed by atoms with Crippen LogP contribution in [-0.4, -0.2) is 19.5 Å². The van der Waals surface area contributed by atoms with E-state index in [2.05, 4.69) is 6.92 Å². The zero-order chi connectivity index (χ0) is 16.2. The number of benzene rings is 1. The van der Waals surface area contributed by atoms with Crippen molar-refractivity contribution in [1.82, 2.24) is 0 Å². The molecule has 0 N–H and O–H groups in total. The molecule has 2 fully saturated rings. The Morgan fingerprint density at radius 1 is 0.957 bits per heavy atom. The summed E-state index contributed by atoms with van der Waals surface area (Å²) in [5, 5.41) is 0. The lowest BCUT2D eigenvalue weighted by Gasteiger charge is -2.37. The van der Waals surface area contributed by atoms with E-state index in [0.717, 1.165) is 63.4 Å². The fraction of sp³-hybridized carbons (Fsp3) is 0.684. The highest BCUT2D eigenvalue weighted by Crippen LogP contribution is 2.39. The molecule has 0 unspecified atom stereocenters. The highest BCUT2D eigenvalue weighted by Gasteiger charge is 2.32. The second kappa shape index (κ2) is 7.71. The lowest BCUT2D eigenvalue weighted by atomic mass is 9.78. The molecule has 3 rings (SSSR count). The van der Waals surface area contributed by atoms with Gasteiger partial charge in [-0.15, -0.1) is 0 Å². The van der Waals surface area contributed by atoms with Gasteiger partial charge in [0.15, 0.2) is 6.29 Å². The average Bonchev–Trinajstić information content (AvgIpc) is 2.55. The van der Waals surface area contributed by atoms with E-state index < -0.39 is 11.6 Å². The summed E-state index contributed by atoms with van der Waals surface area (Å²) in [6.45, 7) is 3.78. The van der Waals surface area contributed by atoms with Gasteiger partial charge in [-0.2, -0.15) is 0 Å². The van der Waals surface area contributed by atoms with E-state index >= 15 is 0 Å². The predicted octanol–water partition coefficient (Wildman–Crippen LogP) is 5.03. The molecule has 1 saturated heterocycles. The first-order valence-electron chi connectivity index (χ1n) is 8.85. The smallest absolute Gasteiger partial charge is 0.160 e. The third kappa shape index (κ3) is 4.30. The molecule has 0 aromatic heterocycles. The van der Waals surface area contributed by atoms with E-state index in [4.69, 9.17) is 9.47 Å². The lowest BCUT2D eigenvalue weighted by molar-refractivity contribution is -0.229. The van der Waals surface area contributed by atoms with E-state index in [9.17, 15) is 8.78 Å². The second-order valence-electron chi connectivity index (χ2n) is 7.00. The van der Waals surface area contributed by atoms with Crippen molar-refractivity contribution in [1.29, 1.82) is 0 Å². The first-order chi connectivity index (χ1) is 11.2. The van der Waals surface area contributed by atoms with Gasteiger partial charge in [0.25, 0.3) is 0 Å². The summed E-state index contributed by atoms with van der Waals surface area (Å²) in [7, 11) is 0. The van der Waals surface area contributed by atoms with Crippen molar-refractivity contribution in [3.63, 3.8) is 0 Å². The third-order valence-electron chi connectivity index (χ3n) is 5.20. The molecule has 4 heteroatoms. The van der Waals surface area contributed by atoms with Crippen LogP contribution in [0.1, 0.15) is 56.9 Å². The van der Waals surface area contributed by atoms with Crippen molar-refractivity contribution in [2.24, 2.45) is 11.8 Å². The van der Waals surface area contributed by atoms with Gasteiger partial charge < -0.3 is 9.47 Å². The minimum atomic E-state index is -0.483. The number of hydrogen-bond donors (Lipinski definition) is 0. The minimum absolute atomic E-state index is 0.0895. The molecule has 23 heavy (non-hydrogen) atoms. The molecule has 0 spiro atoms. The standard InChI is InChI=1S/C19H26F2O2/c1-2-3-13-11-22-19(23-12-13)15-6-4-14(5-7-15)16-8-17(20)10-18(21)9-16/h8-10,13-15,19H,2-7,11-12H2,1H3. The fourth-order valence-corrected chi connectivity index (χ4v) is 3.94. The quantitative estimate of drug-likeness (QED) is 0.773. The van der Waals surface area contributed by atoms with Gasteiger partial charge in [0, 0.05) is 17.9 Å². The maximum atomic E-state index is 13.4. The number of halogens is 2. The zero-order valence-corrected chi connectivity index (χ0v) is 13.8. The van der Waals surface area contributed by atoms with E-state index in [1.807, 2.05) is 0 Å². The third-order valence-corrected chi connectivity index (χ3v) is 5.20. The Kier molecular flexibility index (Phi) is 5.65. The zero-order valence-electron chi connectivity index (χ0n) is 13.8. The van der Waals surface area contributed by atoms with Crippen molar-refractivity contribution in [3.05, 3.63) is 35.4 Å². The van der Waals surface area contributed by atoms with Crippen molar-refractivity contribution >= 4 is 0 Å². The molecule has 128 valence electrons. The number of rotatable bonds is 4. The molecule has 0 bridgehead atoms. The van der Waals surface area contributed by atoms with Crippen LogP contribution in [0.3, 0.4) is 0 Å². The van der Waals surface area contributed by atoms with Gasteiger partial charge in [-0.1, -0.05) is 13.3 Å². The molecular weight excluding hydrogens is 298 g/mol. The van der Waals surface area contributed by atoms with Crippen LogP contribution in [0.4, 0.5) is 8.78 Å². The summed E-state index contributed by atoms with van der Waals surface area (Å²) in [5.41, 5.74) is 0.787. The van der Waals surface area contributed by atoms with Gasteiger partial charge in [0.05, 0.1) is 13.2 Å². The summed E-state index contributed by atoms with van der Waals surface area (Å²) >= 11 is 0. The summed E-state index contributed by atoms with van der Waals surface area (Å²) in [5.74, 6) is 0.217. The Bertz CT molecular complexity index is 484. The maximum absolute atomic E-state index is 13.4. The number of hydrogen-bond acceptors (Lipinski definition) is 2. The predicted molar refractivity (Wildman–Crippen MR) is 85.1 cm³/mol. The molecule has 1 saturated carbocycles. The Morgan fingerprint density at radius 3 is 2.13 bits per heavy atom. The Labute approximate surface area is 137 Å². The summed E-state index contributed by atoms with van der Waals surface area (Å²) < 4.78 is 38.6. The molecule has 1 aromatic rings. The molecule has 2 nitrogen and oxygen atoms in total.